The Balaban J connectivity index is 1.63. The Bertz CT molecular complexity index is 713. The van der Waals surface area contributed by atoms with Gasteiger partial charge in [-0.2, -0.15) is 0 Å². The molecule has 0 aliphatic carbocycles. The SMILES string of the molecule is CC(=O)c1ccc(N2CCN(C(=O)c3sccc3C)CC2)cc1. The van der Waals surface area contributed by atoms with Crippen LogP contribution in [0.25, 0.3) is 0 Å². The van der Waals surface area contributed by atoms with Gasteiger partial charge >= 0.3 is 0 Å². The highest BCUT2D eigenvalue weighted by Gasteiger charge is 2.24. The van der Waals surface area contributed by atoms with Gasteiger partial charge in [-0.3, -0.25) is 9.59 Å². The second-order valence-corrected chi connectivity index (χ2v) is 6.73. The Kier molecular flexibility index (Phi) is 4.48. The molecule has 1 amide bonds. The summed E-state index contributed by atoms with van der Waals surface area (Å²) in [5.41, 5.74) is 2.90. The molecule has 23 heavy (non-hydrogen) atoms. The number of hydrogen-bond acceptors (Lipinski definition) is 4. The maximum atomic E-state index is 12.5. The van der Waals surface area contributed by atoms with E-state index in [2.05, 4.69) is 4.90 Å². The summed E-state index contributed by atoms with van der Waals surface area (Å²) >= 11 is 1.52. The van der Waals surface area contributed by atoms with Crippen LogP contribution in [0.15, 0.2) is 35.7 Å². The van der Waals surface area contributed by atoms with Crippen molar-refractivity contribution in [3.8, 4) is 0 Å². The first-order chi connectivity index (χ1) is 11.1. The van der Waals surface area contributed by atoms with Gasteiger partial charge in [0.25, 0.3) is 5.91 Å². The van der Waals surface area contributed by atoms with Crippen LogP contribution in [0.2, 0.25) is 0 Å². The Labute approximate surface area is 140 Å². The minimum Gasteiger partial charge on any atom is -0.368 e. The third-order valence-corrected chi connectivity index (χ3v) is 5.27. The molecule has 1 fully saturated rings. The van der Waals surface area contributed by atoms with Crippen molar-refractivity contribution in [1.82, 2.24) is 4.90 Å². The van der Waals surface area contributed by atoms with Gasteiger partial charge < -0.3 is 9.80 Å². The number of Topliss-reactive ketones (excluding diaryl/α,β-unsaturated/α-hetero) is 1. The van der Waals surface area contributed by atoms with E-state index in [0.29, 0.717) is 0 Å². The molecule has 1 saturated heterocycles. The van der Waals surface area contributed by atoms with Gasteiger partial charge in [0.05, 0.1) is 4.88 Å². The number of carbonyl (C=O) groups excluding carboxylic acids is 2. The maximum absolute atomic E-state index is 12.5. The van der Waals surface area contributed by atoms with Crippen molar-refractivity contribution in [2.75, 3.05) is 31.1 Å². The summed E-state index contributed by atoms with van der Waals surface area (Å²) in [6, 6.07) is 9.69. The third-order valence-electron chi connectivity index (χ3n) is 4.26. The van der Waals surface area contributed by atoms with Crippen LogP contribution in [0, 0.1) is 6.92 Å². The molecule has 5 heteroatoms. The maximum Gasteiger partial charge on any atom is 0.264 e. The molecule has 0 saturated carbocycles. The van der Waals surface area contributed by atoms with Crippen LogP contribution < -0.4 is 4.90 Å². The van der Waals surface area contributed by atoms with Crippen molar-refractivity contribution in [2.45, 2.75) is 13.8 Å². The van der Waals surface area contributed by atoms with E-state index in [-0.39, 0.29) is 11.7 Å². The van der Waals surface area contributed by atoms with Crippen LogP contribution in [-0.2, 0) is 0 Å². The number of thiophene rings is 1. The van der Waals surface area contributed by atoms with Gasteiger partial charge in [0.1, 0.15) is 0 Å². The Morgan fingerprint density at radius 2 is 1.65 bits per heavy atom. The second-order valence-electron chi connectivity index (χ2n) is 5.82. The quantitative estimate of drug-likeness (QED) is 0.812. The fourth-order valence-corrected chi connectivity index (χ4v) is 3.70. The number of rotatable bonds is 3. The number of nitrogens with zero attached hydrogens (tertiary/aromatic N) is 2. The Morgan fingerprint density at radius 3 is 2.17 bits per heavy atom. The molecule has 1 aromatic heterocycles. The van der Waals surface area contributed by atoms with Gasteiger partial charge in [-0.15, -0.1) is 11.3 Å². The first kappa shape index (κ1) is 15.7. The van der Waals surface area contributed by atoms with Crippen molar-refractivity contribution in [3.63, 3.8) is 0 Å². The van der Waals surface area contributed by atoms with E-state index in [1.807, 2.05) is 47.5 Å². The van der Waals surface area contributed by atoms with Crippen LogP contribution in [0.3, 0.4) is 0 Å². The normalized spacial score (nSPS) is 14.9. The van der Waals surface area contributed by atoms with Gasteiger partial charge in [0.15, 0.2) is 5.78 Å². The summed E-state index contributed by atoms with van der Waals surface area (Å²) in [6.45, 7) is 6.64. The Hall–Kier alpha value is -2.14. The molecule has 1 aromatic carbocycles. The van der Waals surface area contributed by atoms with Gasteiger partial charge in [-0.05, 0) is 55.1 Å². The molecule has 0 unspecified atom stereocenters. The van der Waals surface area contributed by atoms with Crippen molar-refractivity contribution in [2.24, 2.45) is 0 Å². The number of benzene rings is 1. The lowest BCUT2D eigenvalue weighted by Gasteiger charge is -2.36. The minimum atomic E-state index is 0.0817. The first-order valence-corrected chi connectivity index (χ1v) is 8.63. The smallest absolute Gasteiger partial charge is 0.264 e. The first-order valence-electron chi connectivity index (χ1n) is 7.75. The molecule has 1 aliphatic heterocycles. The van der Waals surface area contributed by atoms with Gasteiger partial charge in [-0.25, -0.2) is 0 Å². The average Bonchev–Trinajstić information content (AvgIpc) is 3.00. The standard InChI is InChI=1S/C18H20N2O2S/c1-13-7-12-23-17(13)18(22)20-10-8-19(9-11-20)16-5-3-15(4-6-16)14(2)21/h3-7,12H,8-11H2,1-2H3. The summed E-state index contributed by atoms with van der Waals surface area (Å²) in [4.78, 5) is 28.9. The molecule has 0 bridgehead atoms. The second kappa shape index (κ2) is 6.54. The highest BCUT2D eigenvalue weighted by Crippen LogP contribution is 2.21. The molecule has 0 N–H and O–H groups in total. The van der Waals surface area contributed by atoms with E-state index in [4.69, 9.17) is 0 Å². The number of piperazine rings is 1. The molecule has 4 nitrogen and oxygen atoms in total. The zero-order chi connectivity index (χ0) is 16.4. The highest BCUT2D eigenvalue weighted by atomic mass is 32.1. The average molecular weight is 328 g/mol. The lowest BCUT2D eigenvalue weighted by molar-refractivity contribution is 0.0750. The third kappa shape index (κ3) is 3.29. The van der Waals surface area contributed by atoms with E-state index in [0.717, 1.165) is 47.9 Å². The van der Waals surface area contributed by atoms with E-state index in [9.17, 15) is 9.59 Å². The molecule has 2 aromatic rings. The van der Waals surface area contributed by atoms with Crippen LogP contribution in [-0.4, -0.2) is 42.8 Å². The molecular formula is C18H20N2O2S. The number of anilines is 1. The molecular weight excluding hydrogens is 308 g/mol. The number of hydrogen-bond donors (Lipinski definition) is 0. The lowest BCUT2D eigenvalue weighted by Crippen LogP contribution is -2.48. The van der Waals surface area contributed by atoms with E-state index < -0.39 is 0 Å². The van der Waals surface area contributed by atoms with Crippen molar-refractivity contribution in [1.29, 1.82) is 0 Å². The molecule has 0 atom stereocenters. The molecule has 3 rings (SSSR count). The molecule has 0 radical (unpaired) electrons. The van der Waals surface area contributed by atoms with Crippen LogP contribution >= 0.6 is 11.3 Å². The Morgan fingerprint density at radius 1 is 1.00 bits per heavy atom. The topological polar surface area (TPSA) is 40.6 Å². The van der Waals surface area contributed by atoms with Crippen molar-refractivity contribution in [3.05, 3.63) is 51.7 Å². The largest absolute Gasteiger partial charge is 0.368 e. The van der Waals surface area contributed by atoms with E-state index in [1.54, 1.807) is 6.92 Å². The fourth-order valence-electron chi connectivity index (χ4n) is 2.81. The summed E-state index contributed by atoms with van der Waals surface area (Å²) in [7, 11) is 0. The van der Waals surface area contributed by atoms with Crippen molar-refractivity contribution >= 4 is 28.7 Å². The van der Waals surface area contributed by atoms with Crippen LogP contribution in [0.4, 0.5) is 5.69 Å². The number of aryl methyl sites for hydroxylation is 1. The fraction of sp³-hybridized carbons (Fsp3) is 0.333. The molecule has 1 aliphatic rings. The lowest BCUT2D eigenvalue weighted by atomic mass is 10.1. The zero-order valence-corrected chi connectivity index (χ0v) is 14.2. The van der Waals surface area contributed by atoms with E-state index in [1.165, 1.54) is 11.3 Å². The van der Waals surface area contributed by atoms with E-state index >= 15 is 0 Å². The minimum absolute atomic E-state index is 0.0817. The van der Waals surface area contributed by atoms with Crippen LogP contribution in [0.1, 0.15) is 32.5 Å². The van der Waals surface area contributed by atoms with Gasteiger partial charge in [-0.1, -0.05) is 0 Å². The highest BCUT2D eigenvalue weighted by molar-refractivity contribution is 7.12. The van der Waals surface area contributed by atoms with Crippen LogP contribution in [0.5, 0.6) is 0 Å². The number of ketones is 1. The molecule has 120 valence electrons. The van der Waals surface area contributed by atoms with Gasteiger partial charge in [0.2, 0.25) is 0 Å². The summed E-state index contributed by atoms with van der Waals surface area (Å²) < 4.78 is 0. The summed E-state index contributed by atoms with van der Waals surface area (Å²) in [6.07, 6.45) is 0. The number of amides is 1. The monoisotopic (exact) mass is 328 g/mol. The predicted octanol–water partition coefficient (Wildman–Crippen LogP) is 3.22. The molecule has 0 spiro atoms. The van der Waals surface area contributed by atoms with Gasteiger partial charge in [0, 0.05) is 37.4 Å². The summed E-state index contributed by atoms with van der Waals surface area (Å²) in [5.74, 6) is 0.224. The zero-order valence-electron chi connectivity index (χ0n) is 13.4. The predicted molar refractivity (Wildman–Crippen MR) is 93.6 cm³/mol. The van der Waals surface area contributed by atoms with Crippen molar-refractivity contribution < 1.29 is 9.59 Å². The summed E-state index contributed by atoms with van der Waals surface area (Å²) in [5, 5.41) is 1.97. The number of carbonyl (C=O) groups is 2. The molecule has 2 heterocycles.